The number of nitrogens with one attached hydrogen (secondary N) is 2. The van der Waals surface area contributed by atoms with Crippen LogP contribution < -0.4 is 20.1 Å². The molecule has 1 heterocycles. The topological polar surface area (TPSA) is 59.6 Å². The van der Waals surface area contributed by atoms with Crippen LogP contribution in [0.5, 0.6) is 11.5 Å². The van der Waals surface area contributed by atoms with E-state index in [2.05, 4.69) is 10.6 Å². The van der Waals surface area contributed by atoms with E-state index < -0.39 is 6.04 Å². The number of allylic oxidation sites excluding steroid dienone is 1. The van der Waals surface area contributed by atoms with Gasteiger partial charge in [0.15, 0.2) is 10.9 Å². The molecule has 2 N–H and O–H groups in total. The monoisotopic (exact) mass is 368 g/mol. The van der Waals surface area contributed by atoms with Gasteiger partial charge in [0.05, 0.1) is 20.3 Å². The molecular weight excluding hydrogens is 348 g/mol. The van der Waals surface area contributed by atoms with Gasteiger partial charge in [-0.15, -0.1) is 0 Å². The van der Waals surface area contributed by atoms with Gasteiger partial charge in [-0.25, -0.2) is 0 Å². The van der Waals surface area contributed by atoms with Crippen molar-refractivity contribution in [3.63, 3.8) is 0 Å². The smallest absolute Gasteiger partial charge is 0.193 e. The fourth-order valence-electron chi connectivity index (χ4n) is 3.03. The van der Waals surface area contributed by atoms with Crippen LogP contribution in [0.25, 0.3) is 0 Å². The Kier molecular flexibility index (Phi) is 5.23. The molecule has 1 aliphatic heterocycles. The second kappa shape index (κ2) is 7.58. The van der Waals surface area contributed by atoms with Crippen LogP contribution in [-0.2, 0) is 0 Å². The summed E-state index contributed by atoms with van der Waals surface area (Å²) in [6.07, 6.45) is 0. The molecule has 1 unspecified atom stereocenters. The van der Waals surface area contributed by atoms with Crippen molar-refractivity contribution in [2.75, 3.05) is 14.2 Å². The van der Waals surface area contributed by atoms with Crippen LogP contribution in [-0.4, -0.2) is 25.1 Å². The lowest BCUT2D eigenvalue weighted by Crippen LogP contribution is -2.45. The molecule has 5 nitrogen and oxygen atoms in total. The molecule has 6 heteroatoms. The average Bonchev–Trinajstić information content (AvgIpc) is 2.67. The molecule has 0 saturated heterocycles. The fourth-order valence-corrected chi connectivity index (χ4v) is 3.30. The summed E-state index contributed by atoms with van der Waals surface area (Å²) in [6, 6.07) is 14.3. The van der Waals surface area contributed by atoms with Gasteiger partial charge in [0.25, 0.3) is 0 Å². The summed E-state index contributed by atoms with van der Waals surface area (Å²) in [5.41, 5.74) is 2.77. The number of ether oxygens (including phenoxy) is 2. The Balaban J connectivity index is 2.11. The van der Waals surface area contributed by atoms with Crippen molar-refractivity contribution in [2.24, 2.45) is 0 Å². The summed E-state index contributed by atoms with van der Waals surface area (Å²) < 4.78 is 10.8. The maximum atomic E-state index is 13.2. The van der Waals surface area contributed by atoms with Crippen LogP contribution in [0.1, 0.15) is 28.9 Å². The maximum absolute atomic E-state index is 13.2. The molecule has 2 aromatic carbocycles. The predicted molar refractivity (Wildman–Crippen MR) is 105 cm³/mol. The van der Waals surface area contributed by atoms with Crippen molar-refractivity contribution in [1.29, 1.82) is 0 Å². The zero-order chi connectivity index (χ0) is 18.7. The molecule has 2 aromatic rings. The number of carbonyl (C=O) groups is 1. The minimum Gasteiger partial charge on any atom is -0.497 e. The van der Waals surface area contributed by atoms with E-state index in [4.69, 9.17) is 21.7 Å². The molecule has 1 atom stereocenters. The molecule has 0 bridgehead atoms. The van der Waals surface area contributed by atoms with Gasteiger partial charge in [-0.05, 0) is 31.3 Å². The summed E-state index contributed by atoms with van der Waals surface area (Å²) in [6.45, 7) is 1.85. The van der Waals surface area contributed by atoms with Crippen LogP contribution in [0.4, 0.5) is 0 Å². The lowest BCUT2D eigenvalue weighted by Gasteiger charge is -2.31. The standard InChI is InChI=1S/C20H20N2O3S/c1-12-17(19(23)13-7-5-4-6-8-13)18(22-20(26)21-12)15-10-9-14(24-2)11-16(15)25-3/h4-11,18H,1-3H3,(H2,21,22,26). The zero-order valence-electron chi connectivity index (χ0n) is 14.8. The van der Waals surface area contributed by atoms with E-state index in [0.717, 1.165) is 11.3 Å². The fraction of sp³-hybridized carbons (Fsp3) is 0.200. The Bertz CT molecular complexity index is 878. The first kappa shape index (κ1) is 17.9. The SMILES string of the molecule is COc1ccc(C2NC(=S)NC(C)=C2C(=O)c2ccccc2)c(OC)c1. The Morgan fingerprint density at radius 1 is 1.08 bits per heavy atom. The summed E-state index contributed by atoms with van der Waals surface area (Å²) in [4.78, 5) is 13.2. The highest BCUT2D eigenvalue weighted by molar-refractivity contribution is 7.80. The molecule has 26 heavy (non-hydrogen) atoms. The lowest BCUT2D eigenvalue weighted by atomic mass is 9.89. The van der Waals surface area contributed by atoms with Crippen LogP contribution in [0.3, 0.4) is 0 Å². The summed E-state index contributed by atoms with van der Waals surface area (Å²) in [5.74, 6) is 1.24. The molecular formula is C20H20N2O3S. The normalized spacial score (nSPS) is 16.6. The number of hydrogen-bond acceptors (Lipinski definition) is 4. The van der Waals surface area contributed by atoms with Crippen molar-refractivity contribution < 1.29 is 14.3 Å². The highest BCUT2D eigenvalue weighted by Crippen LogP contribution is 2.36. The molecule has 3 rings (SSSR count). The summed E-state index contributed by atoms with van der Waals surface area (Å²) in [7, 11) is 3.19. The third-order valence-electron chi connectivity index (χ3n) is 4.30. The third-order valence-corrected chi connectivity index (χ3v) is 4.52. The van der Waals surface area contributed by atoms with E-state index >= 15 is 0 Å². The minimum absolute atomic E-state index is 0.0616. The number of ketones is 1. The third kappa shape index (κ3) is 3.41. The minimum atomic E-state index is -0.419. The first-order valence-electron chi connectivity index (χ1n) is 8.15. The van der Waals surface area contributed by atoms with E-state index in [1.165, 1.54) is 0 Å². The second-order valence-corrected chi connectivity index (χ2v) is 6.28. The van der Waals surface area contributed by atoms with Crippen molar-refractivity contribution in [3.8, 4) is 11.5 Å². The Morgan fingerprint density at radius 2 is 1.81 bits per heavy atom. The van der Waals surface area contributed by atoms with Gasteiger partial charge >= 0.3 is 0 Å². The molecule has 0 fully saturated rings. The van der Waals surface area contributed by atoms with Gasteiger partial charge in [-0.1, -0.05) is 30.3 Å². The van der Waals surface area contributed by atoms with Gasteiger partial charge in [-0.2, -0.15) is 0 Å². The lowest BCUT2D eigenvalue weighted by molar-refractivity contribution is 0.102. The van der Waals surface area contributed by atoms with Gasteiger partial charge < -0.3 is 20.1 Å². The number of methoxy groups -OCH3 is 2. The average molecular weight is 368 g/mol. The van der Waals surface area contributed by atoms with Crippen molar-refractivity contribution in [3.05, 3.63) is 70.9 Å². The highest BCUT2D eigenvalue weighted by atomic mass is 32.1. The van der Waals surface area contributed by atoms with Crippen LogP contribution in [0.2, 0.25) is 0 Å². The predicted octanol–water partition coefficient (Wildman–Crippen LogP) is 3.38. The quantitative estimate of drug-likeness (QED) is 0.623. The molecule has 0 saturated carbocycles. The molecule has 0 spiro atoms. The number of hydrogen-bond donors (Lipinski definition) is 2. The number of rotatable bonds is 5. The Hall–Kier alpha value is -2.86. The Morgan fingerprint density at radius 3 is 2.46 bits per heavy atom. The molecule has 134 valence electrons. The number of benzene rings is 2. The number of Topliss-reactive ketones (excluding diaryl/α,β-unsaturated/α-hetero) is 1. The summed E-state index contributed by atoms with van der Waals surface area (Å²) >= 11 is 5.31. The largest absolute Gasteiger partial charge is 0.497 e. The van der Waals surface area contributed by atoms with Crippen molar-refractivity contribution in [2.45, 2.75) is 13.0 Å². The highest BCUT2D eigenvalue weighted by Gasteiger charge is 2.32. The van der Waals surface area contributed by atoms with Gasteiger partial charge in [0.1, 0.15) is 11.5 Å². The first-order chi connectivity index (χ1) is 12.5. The number of carbonyl (C=O) groups excluding carboxylic acids is 1. The molecule has 0 aliphatic carbocycles. The van der Waals surface area contributed by atoms with E-state index in [1.807, 2.05) is 37.3 Å². The van der Waals surface area contributed by atoms with Crippen molar-refractivity contribution in [1.82, 2.24) is 10.6 Å². The molecule has 1 aliphatic rings. The second-order valence-electron chi connectivity index (χ2n) is 5.87. The first-order valence-corrected chi connectivity index (χ1v) is 8.56. The Labute approximate surface area is 158 Å². The van der Waals surface area contributed by atoms with E-state index in [9.17, 15) is 4.79 Å². The molecule has 0 aromatic heterocycles. The summed E-state index contributed by atoms with van der Waals surface area (Å²) in [5, 5.41) is 6.72. The van der Waals surface area contributed by atoms with E-state index in [-0.39, 0.29) is 5.78 Å². The zero-order valence-corrected chi connectivity index (χ0v) is 15.6. The molecule has 0 radical (unpaired) electrons. The van der Waals surface area contributed by atoms with Gasteiger partial charge in [-0.3, -0.25) is 4.79 Å². The van der Waals surface area contributed by atoms with E-state index in [1.54, 1.807) is 32.4 Å². The number of thiocarbonyl (C=S) groups is 1. The molecule has 0 amide bonds. The van der Waals surface area contributed by atoms with Crippen molar-refractivity contribution >= 4 is 23.1 Å². The van der Waals surface area contributed by atoms with Gasteiger partial charge in [0.2, 0.25) is 0 Å². The van der Waals surface area contributed by atoms with Crippen LogP contribution in [0, 0.1) is 0 Å². The van der Waals surface area contributed by atoms with E-state index in [0.29, 0.717) is 27.7 Å². The van der Waals surface area contributed by atoms with Gasteiger partial charge in [0, 0.05) is 28.5 Å². The van der Waals surface area contributed by atoms with Crippen LogP contribution >= 0.6 is 12.2 Å². The van der Waals surface area contributed by atoms with Crippen LogP contribution in [0.15, 0.2) is 59.8 Å². The maximum Gasteiger partial charge on any atom is 0.193 e.